The summed E-state index contributed by atoms with van der Waals surface area (Å²) in [6.45, 7) is 2.18. The van der Waals surface area contributed by atoms with Crippen LogP contribution in [0, 0.1) is 6.92 Å². The molecule has 0 radical (unpaired) electrons. The molecule has 0 aliphatic carbocycles. The molecule has 0 aliphatic heterocycles. The van der Waals surface area contributed by atoms with Crippen molar-refractivity contribution in [1.82, 2.24) is 5.32 Å². The minimum absolute atomic E-state index is 0.202. The van der Waals surface area contributed by atoms with Crippen molar-refractivity contribution < 1.29 is 13.2 Å². The molecule has 6 heteroatoms. The summed E-state index contributed by atoms with van der Waals surface area (Å²) in [6.07, 6.45) is 1.09. The standard InChI is InChI=1S/C20H20N2O3S/c1-14-12-16(10-11-19(14)22-26(2,24)25)20(23)21-13-17-8-5-7-15-6-3-4-9-18(15)17/h3-12,22H,13H2,1-2H3,(H,21,23). The second-order valence-electron chi connectivity index (χ2n) is 6.22. The van der Waals surface area contributed by atoms with Crippen LogP contribution in [-0.2, 0) is 16.6 Å². The molecule has 2 N–H and O–H groups in total. The number of aryl methyl sites for hydroxylation is 1. The summed E-state index contributed by atoms with van der Waals surface area (Å²) >= 11 is 0. The third kappa shape index (κ3) is 4.21. The van der Waals surface area contributed by atoms with Crippen LogP contribution in [0.5, 0.6) is 0 Å². The Morgan fingerprint density at radius 3 is 2.46 bits per heavy atom. The fourth-order valence-electron chi connectivity index (χ4n) is 2.84. The number of anilines is 1. The van der Waals surface area contributed by atoms with Gasteiger partial charge in [0.25, 0.3) is 5.91 Å². The molecule has 26 heavy (non-hydrogen) atoms. The molecule has 0 saturated heterocycles. The van der Waals surface area contributed by atoms with E-state index in [-0.39, 0.29) is 5.91 Å². The highest BCUT2D eigenvalue weighted by Gasteiger charge is 2.10. The van der Waals surface area contributed by atoms with Crippen LogP contribution in [0.3, 0.4) is 0 Å². The van der Waals surface area contributed by atoms with Crippen LogP contribution in [0.15, 0.2) is 60.7 Å². The minimum atomic E-state index is -3.35. The first-order chi connectivity index (χ1) is 12.3. The fraction of sp³-hybridized carbons (Fsp3) is 0.150. The van der Waals surface area contributed by atoms with Gasteiger partial charge < -0.3 is 5.32 Å². The predicted octanol–water partition coefficient (Wildman–Crippen LogP) is 3.45. The van der Waals surface area contributed by atoms with Crippen LogP contribution >= 0.6 is 0 Å². The number of hydrogen-bond donors (Lipinski definition) is 2. The van der Waals surface area contributed by atoms with Gasteiger partial charge in [0.05, 0.1) is 11.9 Å². The molecule has 0 aliphatic rings. The van der Waals surface area contributed by atoms with Gasteiger partial charge in [0.2, 0.25) is 10.0 Å². The van der Waals surface area contributed by atoms with Crippen molar-refractivity contribution in [3.8, 4) is 0 Å². The summed E-state index contributed by atoms with van der Waals surface area (Å²) in [5, 5.41) is 5.17. The van der Waals surface area contributed by atoms with Crippen molar-refractivity contribution in [3.63, 3.8) is 0 Å². The molecule has 3 aromatic carbocycles. The maximum atomic E-state index is 12.5. The third-order valence-electron chi connectivity index (χ3n) is 4.10. The van der Waals surface area contributed by atoms with Crippen LogP contribution in [0.4, 0.5) is 5.69 Å². The van der Waals surface area contributed by atoms with E-state index in [0.717, 1.165) is 22.6 Å². The third-order valence-corrected chi connectivity index (χ3v) is 4.69. The molecule has 3 rings (SSSR count). The van der Waals surface area contributed by atoms with E-state index in [2.05, 4.69) is 10.0 Å². The summed E-state index contributed by atoms with van der Waals surface area (Å²) < 4.78 is 25.1. The van der Waals surface area contributed by atoms with Crippen molar-refractivity contribution in [1.29, 1.82) is 0 Å². The number of benzene rings is 3. The summed E-state index contributed by atoms with van der Waals surface area (Å²) in [5.74, 6) is -0.202. The van der Waals surface area contributed by atoms with Gasteiger partial charge in [-0.25, -0.2) is 8.42 Å². The molecule has 5 nitrogen and oxygen atoms in total. The molecule has 0 spiro atoms. The number of carbonyl (C=O) groups excluding carboxylic acids is 1. The monoisotopic (exact) mass is 368 g/mol. The maximum absolute atomic E-state index is 12.5. The fourth-order valence-corrected chi connectivity index (χ4v) is 3.47. The van der Waals surface area contributed by atoms with E-state index in [9.17, 15) is 13.2 Å². The Bertz CT molecular complexity index is 1070. The van der Waals surface area contributed by atoms with Gasteiger partial charge >= 0.3 is 0 Å². The van der Waals surface area contributed by atoms with E-state index in [4.69, 9.17) is 0 Å². The Morgan fingerprint density at radius 2 is 1.73 bits per heavy atom. The van der Waals surface area contributed by atoms with E-state index in [1.807, 2.05) is 42.5 Å². The van der Waals surface area contributed by atoms with Crippen LogP contribution < -0.4 is 10.0 Å². The summed E-state index contributed by atoms with van der Waals surface area (Å²) in [6, 6.07) is 18.9. The Kier molecular flexibility index (Phi) is 4.95. The zero-order chi connectivity index (χ0) is 18.7. The van der Waals surface area contributed by atoms with E-state index in [0.29, 0.717) is 23.4 Å². The van der Waals surface area contributed by atoms with Crippen molar-refractivity contribution in [2.75, 3.05) is 11.0 Å². The number of fused-ring (bicyclic) bond motifs is 1. The number of amides is 1. The largest absolute Gasteiger partial charge is 0.348 e. The number of hydrogen-bond acceptors (Lipinski definition) is 3. The highest BCUT2D eigenvalue weighted by atomic mass is 32.2. The van der Waals surface area contributed by atoms with Crippen molar-refractivity contribution >= 4 is 32.4 Å². The second-order valence-corrected chi connectivity index (χ2v) is 7.97. The molecular weight excluding hydrogens is 348 g/mol. The molecular formula is C20H20N2O3S. The highest BCUT2D eigenvalue weighted by molar-refractivity contribution is 7.92. The van der Waals surface area contributed by atoms with Gasteiger partial charge in [0.15, 0.2) is 0 Å². The van der Waals surface area contributed by atoms with Gasteiger partial charge in [0, 0.05) is 12.1 Å². The average Bonchev–Trinajstić information content (AvgIpc) is 2.60. The molecule has 0 bridgehead atoms. The molecule has 1 amide bonds. The molecule has 3 aromatic rings. The van der Waals surface area contributed by atoms with Gasteiger partial charge in [-0.15, -0.1) is 0 Å². The molecule has 134 valence electrons. The van der Waals surface area contributed by atoms with E-state index in [1.165, 1.54) is 0 Å². The smallest absolute Gasteiger partial charge is 0.251 e. The second kappa shape index (κ2) is 7.17. The lowest BCUT2D eigenvalue weighted by Gasteiger charge is -2.11. The predicted molar refractivity (Wildman–Crippen MR) is 105 cm³/mol. The molecule has 0 fully saturated rings. The van der Waals surface area contributed by atoms with Crippen LogP contribution in [0.1, 0.15) is 21.5 Å². The quantitative estimate of drug-likeness (QED) is 0.724. The summed E-state index contributed by atoms with van der Waals surface area (Å²) in [5.41, 5.74) is 2.69. The Balaban J connectivity index is 1.75. The van der Waals surface area contributed by atoms with Crippen LogP contribution in [0.2, 0.25) is 0 Å². The minimum Gasteiger partial charge on any atom is -0.348 e. The Morgan fingerprint density at radius 1 is 1.00 bits per heavy atom. The van der Waals surface area contributed by atoms with Gasteiger partial charge in [-0.2, -0.15) is 0 Å². The lowest BCUT2D eigenvalue weighted by atomic mass is 10.0. The summed E-state index contributed by atoms with van der Waals surface area (Å²) in [7, 11) is -3.35. The van der Waals surface area contributed by atoms with Crippen molar-refractivity contribution in [2.24, 2.45) is 0 Å². The SMILES string of the molecule is Cc1cc(C(=O)NCc2cccc3ccccc23)ccc1NS(C)(=O)=O. The normalized spacial score (nSPS) is 11.3. The Labute approximate surface area is 153 Å². The number of sulfonamides is 1. The molecule has 0 heterocycles. The first-order valence-electron chi connectivity index (χ1n) is 8.17. The first kappa shape index (κ1) is 17.9. The van der Waals surface area contributed by atoms with E-state index >= 15 is 0 Å². The van der Waals surface area contributed by atoms with Crippen molar-refractivity contribution in [3.05, 3.63) is 77.4 Å². The average molecular weight is 368 g/mol. The number of nitrogens with one attached hydrogen (secondary N) is 2. The maximum Gasteiger partial charge on any atom is 0.251 e. The van der Waals surface area contributed by atoms with Gasteiger partial charge in [-0.1, -0.05) is 42.5 Å². The van der Waals surface area contributed by atoms with E-state index < -0.39 is 10.0 Å². The van der Waals surface area contributed by atoms with Crippen LogP contribution in [0.25, 0.3) is 10.8 Å². The van der Waals surface area contributed by atoms with Gasteiger partial charge in [-0.3, -0.25) is 9.52 Å². The molecule has 0 aromatic heterocycles. The lowest BCUT2D eigenvalue weighted by molar-refractivity contribution is 0.0951. The Hall–Kier alpha value is -2.86. The van der Waals surface area contributed by atoms with E-state index in [1.54, 1.807) is 25.1 Å². The van der Waals surface area contributed by atoms with Crippen molar-refractivity contribution in [2.45, 2.75) is 13.5 Å². The van der Waals surface area contributed by atoms with Gasteiger partial charge in [0.1, 0.15) is 0 Å². The molecule has 0 unspecified atom stereocenters. The summed E-state index contributed by atoms with van der Waals surface area (Å²) in [4.78, 5) is 12.5. The lowest BCUT2D eigenvalue weighted by Crippen LogP contribution is -2.23. The zero-order valence-electron chi connectivity index (χ0n) is 14.6. The zero-order valence-corrected chi connectivity index (χ0v) is 15.4. The molecule has 0 saturated carbocycles. The van der Waals surface area contributed by atoms with Gasteiger partial charge in [-0.05, 0) is 47.0 Å². The number of carbonyl (C=O) groups is 1. The first-order valence-corrected chi connectivity index (χ1v) is 10.1. The highest BCUT2D eigenvalue weighted by Crippen LogP contribution is 2.20. The van der Waals surface area contributed by atoms with Crippen LogP contribution in [-0.4, -0.2) is 20.6 Å². The molecule has 0 atom stereocenters. The topological polar surface area (TPSA) is 75.3 Å². The number of rotatable bonds is 5.